The molecule has 2 atom stereocenters. The Morgan fingerprint density at radius 2 is 2.07 bits per heavy atom. The lowest BCUT2D eigenvalue weighted by molar-refractivity contribution is -0.203. The fourth-order valence-corrected chi connectivity index (χ4v) is 4.69. The molecule has 9 nitrogen and oxygen atoms in total. The van der Waals surface area contributed by atoms with Crippen molar-refractivity contribution in [3.63, 3.8) is 0 Å². The number of nitrogens with zero attached hydrogens (tertiary/aromatic N) is 3. The second-order valence-electron chi connectivity index (χ2n) is 8.62. The van der Waals surface area contributed by atoms with Crippen molar-refractivity contribution < 1.29 is 19.4 Å². The van der Waals surface area contributed by atoms with E-state index in [2.05, 4.69) is 15.4 Å². The summed E-state index contributed by atoms with van der Waals surface area (Å²) in [4.78, 5) is 30.2. The van der Waals surface area contributed by atoms with Crippen LogP contribution >= 0.6 is 0 Å². The van der Waals surface area contributed by atoms with Crippen molar-refractivity contribution in [3.05, 3.63) is 41.5 Å². The van der Waals surface area contributed by atoms with Crippen LogP contribution in [0.3, 0.4) is 0 Å². The van der Waals surface area contributed by atoms with Crippen LogP contribution in [0.25, 0.3) is 0 Å². The Morgan fingerprint density at radius 3 is 2.67 bits per heavy atom. The molecule has 2 amide bonds. The number of carbonyl (C=O) groups excluding carboxylic acids is 2. The molecule has 0 radical (unpaired) electrons. The molecule has 30 heavy (non-hydrogen) atoms. The van der Waals surface area contributed by atoms with E-state index < -0.39 is 17.2 Å². The van der Waals surface area contributed by atoms with E-state index >= 15 is 0 Å². The molecule has 2 aliphatic rings. The third-order valence-electron chi connectivity index (χ3n) is 6.49. The molecule has 4 rings (SSSR count). The lowest BCUT2D eigenvalue weighted by Gasteiger charge is -2.53. The molecular formula is C21H29N5O4. The quantitative estimate of drug-likeness (QED) is 0.692. The Bertz CT molecular complexity index is 929. The van der Waals surface area contributed by atoms with Gasteiger partial charge in [0.2, 0.25) is 0 Å². The van der Waals surface area contributed by atoms with Crippen molar-refractivity contribution in [1.82, 2.24) is 25.0 Å². The Hall–Kier alpha value is -2.65. The number of piperidine rings is 1. The van der Waals surface area contributed by atoms with E-state index in [0.717, 1.165) is 5.69 Å². The Kier molecular flexibility index (Phi) is 5.19. The van der Waals surface area contributed by atoms with Crippen molar-refractivity contribution in [2.75, 3.05) is 19.7 Å². The monoisotopic (exact) mass is 415 g/mol. The van der Waals surface area contributed by atoms with Gasteiger partial charge in [-0.25, -0.2) is 0 Å². The first-order valence-electron chi connectivity index (χ1n) is 10.3. The number of aryl methyl sites for hydroxylation is 2. The lowest BCUT2D eigenvalue weighted by Crippen LogP contribution is -2.69. The van der Waals surface area contributed by atoms with Crippen LogP contribution in [0.5, 0.6) is 0 Å². The summed E-state index contributed by atoms with van der Waals surface area (Å²) in [6.45, 7) is 5.11. The number of H-pyrrole nitrogens is 1. The first-order chi connectivity index (χ1) is 14.2. The van der Waals surface area contributed by atoms with E-state index in [1.807, 2.05) is 13.8 Å². The van der Waals surface area contributed by atoms with Gasteiger partial charge in [0, 0.05) is 39.1 Å². The van der Waals surface area contributed by atoms with Crippen LogP contribution in [-0.2, 0) is 11.8 Å². The van der Waals surface area contributed by atoms with Crippen LogP contribution in [0.2, 0.25) is 0 Å². The molecule has 2 fully saturated rings. The number of ether oxygens (including phenoxy) is 1. The number of aliphatic hydroxyl groups is 1. The lowest BCUT2D eigenvalue weighted by atomic mass is 9.73. The highest BCUT2D eigenvalue weighted by molar-refractivity contribution is 5.94. The van der Waals surface area contributed by atoms with Gasteiger partial charge in [-0.1, -0.05) is 0 Å². The van der Waals surface area contributed by atoms with Gasteiger partial charge in [-0.3, -0.25) is 14.3 Å². The average Bonchev–Trinajstić information content (AvgIpc) is 3.36. The molecule has 0 saturated carbocycles. The minimum Gasteiger partial charge on any atom is -0.388 e. The Morgan fingerprint density at radius 1 is 1.33 bits per heavy atom. The minimum atomic E-state index is -0.887. The first-order valence-corrected chi connectivity index (χ1v) is 10.3. The molecule has 162 valence electrons. The fraction of sp³-hybridized carbons (Fsp3) is 0.571. The van der Waals surface area contributed by atoms with Gasteiger partial charge in [0.05, 0.1) is 22.4 Å². The average molecular weight is 415 g/mol. The molecule has 0 aromatic carbocycles. The van der Waals surface area contributed by atoms with Crippen molar-refractivity contribution in [3.8, 4) is 0 Å². The molecule has 1 spiro atoms. The normalized spacial score (nSPS) is 26.0. The number of aromatic nitrogens is 3. The number of aliphatic hydroxyl groups excluding tert-OH is 1. The molecule has 0 bridgehead atoms. The zero-order chi connectivity index (χ0) is 21.5. The van der Waals surface area contributed by atoms with Gasteiger partial charge in [-0.15, -0.1) is 0 Å². The van der Waals surface area contributed by atoms with Crippen molar-refractivity contribution in [1.29, 1.82) is 0 Å². The zero-order valence-corrected chi connectivity index (χ0v) is 17.6. The number of hydrogen-bond donors (Lipinski definition) is 3. The predicted octanol–water partition coefficient (Wildman–Crippen LogP) is 1.00. The van der Waals surface area contributed by atoms with Crippen LogP contribution in [-0.4, -0.2) is 73.5 Å². The number of nitrogens with one attached hydrogen (secondary N) is 2. The second kappa shape index (κ2) is 7.55. The number of amides is 2. The number of aromatic amines is 1. The summed E-state index contributed by atoms with van der Waals surface area (Å²) in [5.41, 5.74) is 0.224. The third kappa shape index (κ3) is 3.52. The number of carbonyl (C=O) groups is 2. The molecule has 0 unspecified atom stereocenters. The van der Waals surface area contributed by atoms with E-state index in [1.165, 1.54) is 0 Å². The van der Waals surface area contributed by atoms with Crippen LogP contribution in [0.1, 0.15) is 52.7 Å². The molecular weight excluding hydrogens is 386 g/mol. The summed E-state index contributed by atoms with van der Waals surface area (Å²) >= 11 is 0. The van der Waals surface area contributed by atoms with Gasteiger partial charge >= 0.3 is 0 Å². The van der Waals surface area contributed by atoms with E-state index in [0.29, 0.717) is 50.2 Å². The molecule has 2 aromatic heterocycles. The van der Waals surface area contributed by atoms with E-state index in [4.69, 9.17) is 4.74 Å². The highest BCUT2D eigenvalue weighted by atomic mass is 16.5. The minimum absolute atomic E-state index is 0.0287. The third-order valence-corrected chi connectivity index (χ3v) is 6.49. The Balaban J connectivity index is 1.46. The van der Waals surface area contributed by atoms with Crippen LogP contribution < -0.4 is 5.32 Å². The van der Waals surface area contributed by atoms with Crippen LogP contribution in [0.15, 0.2) is 24.5 Å². The van der Waals surface area contributed by atoms with Gasteiger partial charge < -0.3 is 25.0 Å². The number of likely N-dealkylation sites (tertiary alicyclic amines) is 1. The molecule has 0 aliphatic carbocycles. The SMILES string of the molecule is Cc1cc(C(=O)N[C@]2(C)CCOC3(CCN(C(=O)c4cc[nH]c4)CC3)[C@H]2O)n(C)n1. The fourth-order valence-electron chi connectivity index (χ4n) is 4.69. The van der Waals surface area contributed by atoms with E-state index in [9.17, 15) is 14.7 Å². The maximum Gasteiger partial charge on any atom is 0.270 e. The van der Waals surface area contributed by atoms with Gasteiger partial charge in [0.1, 0.15) is 11.8 Å². The van der Waals surface area contributed by atoms with Crippen molar-refractivity contribution in [2.24, 2.45) is 7.05 Å². The maximum absolute atomic E-state index is 12.9. The smallest absolute Gasteiger partial charge is 0.270 e. The van der Waals surface area contributed by atoms with Gasteiger partial charge in [0.15, 0.2) is 0 Å². The highest BCUT2D eigenvalue weighted by Crippen LogP contribution is 2.40. The van der Waals surface area contributed by atoms with Crippen LogP contribution in [0, 0.1) is 6.92 Å². The van der Waals surface area contributed by atoms with E-state index in [-0.39, 0.29) is 11.8 Å². The van der Waals surface area contributed by atoms with Crippen molar-refractivity contribution >= 4 is 11.8 Å². The topological polar surface area (TPSA) is 112 Å². The number of rotatable bonds is 3. The van der Waals surface area contributed by atoms with Gasteiger partial charge in [0.25, 0.3) is 11.8 Å². The maximum atomic E-state index is 12.9. The summed E-state index contributed by atoms with van der Waals surface area (Å²) in [5.74, 6) is -0.296. The largest absolute Gasteiger partial charge is 0.388 e. The van der Waals surface area contributed by atoms with Gasteiger partial charge in [-0.2, -0.15) is 5.10 Å². The Labute approximate surface area is 175 Å². The second-order valence-corrected chi connectivity index (χ2v) is 8.62. The first kappa shape index (κ1) is 20.6. The standard InChI is InChI=1S/C21H29N5O4/c1-14-12-16(25(3)24-14)17(27)23-20(2)7-11-30-21(19(20)29)5-9-26(10-6-21)18(28)15-4-8-22-13-15/h4,8,12-13,19,22,29H,5-7,9-11H2,1-3H3,(H,23,27)/t19-,20+/m0/s1. The van der Waals surface area contributed by atoms with E-state index in [1.54, 1.807) is 41.2 Å². The molecule has 9 heteroatoms. The van der Waals surface area contributed by atoms with Crippen molar-refractivity contribution in [2.45, 2.75) is 50.4 Å². The molecule has 4 heterocycles. The molecule has 3 N–H and O–H groups in total. The predicted molar refractivity (Wildman–Crippen MR) is 109 cm³/mol. The molecule has 2 aromatic rings. The molecule has 2 aliphatic heterocycles. The number of hydrogen-bond acceptors (Lipinski definition) is 5. The molecule has 2 saturated heterocycles. The summed E-state index contributed by atoms with van der Waals surface area (Å²) in [6.07, 6.45) is 4.06. The summed E-state index contributed by atoms with van der Waals surface area (Å²) in [7, 11) is 1.73. The summed E-state index contributed by atoms with van der Waals surface area (Å²) < 4.78 is 7.63. The highest BCUT2D eigenvalue weighted by Gasteiger charge is 2.54. The van der Waals surface area contributed by atoms with Gasteiger partial charge in [-0.05, 0) is 45.2 Å². The summed E-state index contributed by atoms with van der Waals surface area (Å²) in [6, 6.07) is 3.48. The van der Waals surface area contributed by atoms with Crippen LogP contribution in [0.4, 0.5) is 0 Å². The summed E-state index contributed by atoms with van der Waals surface area (Å²) in [5, 5.41) is 18.6. The zero-order valence-electron chi connectivity index (χ0n) is 17.6.